The number of hydrogen-bond donors (Lipinski definition) is 1. The molecule has 0 bridgehead atoms. The van der Waals surface area contributed by atoms with E-state index < -0.39 is 0 Å². The lowest BCUT2D eigenvalue weighted by atomic mass is 10.3. The van der Waals surface area contributed by atoms with Gasteiger partial charge in [0.2, 0.25) is 0 Å². The monoisotopic (exact) mass is 327 g/mol. The molecule has 1 aliphatic heterocycles. The van der Waals surface area contributed by atoms with Crippen molar-refractivity contribution in [1.82, 2.24) is 9.88 Å². The molecule has 1 amide bonds. The zero-order valence-corrected chi connectivity index (χ0v) is 13.8. The van der Waals surface area contributed by atoms with Gasteiger partial charge in [0.25, 0.3) is 5.91 Å². The smallest absolute Gasteiger partial charge is 0.264 e. The van der Waals surface area contributed by atoms with Crippen molar-refractivity contribution in [1.29, 1.82) is 0 Å². The van der Waals surface area contributed by atoms with Gasteiger partial charge >= 0.3 is 0 Å². The van der Waals surface area contributed by atoms with Crippen molar-refractivity contribution < 1.29 is 9.53 Å². The molecule has 6 heteroatoms. The van der Waals surface area contributed by atoms with Gasteiger partial charge < -0.3 is 14.6 Å². The number of benzene rings is 1. The van der Waals surface area contributed by atoms with Crippen LogP contribution in [0.5, 0.6) is 5.75 Å². The highest BCUT2D eigenvalue weighted by Crippen LogP contribution is 2.28. The lowest BCUT2D eigenvalue weighted by molar-refractivity contribution is -0.115. The van der Waals surface area contributed by atoms with E-state index in [0.717, 1.165) is 23.7 Å². The number of aliphatic imine (C=N–C) groups is 1. The van der Waals surface area contributed by atoms with Crippen LogP contribution >= 0.6 is 11.8 Å². The number of aromatic nitrogens is 1. The SMILES string of the molecule is CCn1cccc1/C=C1/SC(=Nc2ccc(OC)cc2)NC1=O. The molecule has 23 heavy (non-hydrogen) atoms. The number of nitrogens with one attached hydrogen (secondary N) is 1. The van der Waals surface area contributed by atoms with Gasteiger partial charge in [0, 0.05) is 18.4 Å². The fourth-order valence-electron chi connectivity index (χ4n) is 2.24. The maximum Gasteiger partial charge on any atom is 0.264 e. The van der Waals surface area contributed by atoms with E-state index in [1.54, 1.807) is 7.11 Å². The number of aryl methyl sites for hydroxylation is 1. The number of carbonyl (C=O) groups is 1. The van der Waals surface area contributed by atoms with Crippen molar-refractivity contribution >= 4 is 34.6 Å². The molecule has 0 saturated carbocycles. The molecular formula is C17H17N3O2S. The van der Waals surface area contributed by atoms with Crippen molar-refractivity contribution in [3.63, 3.8) is 0 Å². The van der Waals surface area contributed by atoms with Crippen molar-refractivity contribution in [3.05, 3.63) is 53.2 Å². The van der Waals surface area contributed by atoms with Crippen LogP contribution in [-0.2, 0) is 11.3 Å². The second kappa shape index (κ2) is 6.75. The highest BCUT2D eigenvalue weighted by molar-refractivity contribution is 8.18. The Balaban J connectivity index is 1.80. The summed E-state index contributed by atoms with van der Waals surface area (Å²) in [6.07, 6.45) is 3.89. The van der Waals surface area contributed by atoms with Gasteiger partial charge in [-0.3, -0.25) is 4.79 Å². The van der Waals surface area contributed by atoms with Crippen molar-refractivity contribution in [2.45, 2.75) is 13.5 Å². The van der Waals surface area contributed by atoms with Gasteiger partial charge in [-0.15, -0.1) is 0 Å². The number of amidine groups is 1. The molecule has 3 rings (SSSR count). The van der Waals surface area contributed by atoms with Crippen molar-refractivity contribution in [2.24, 2.45) is 4.99 Å². The first-order valence-corrected chi connectivity index (χ1v) is 8.10. The van der Waals surface area contributed by atoms with Gasteiger partial charge in [-0.05, 0) is 61.2 Å². The fourth-order valence-corrected chi connectivity index (χ4v) is 3.06. The fraction of sp³-hybridized carbons (Fsp3) is 0.176. The molecule has 0 unspecified atom stereocenters. The summed E-state index contributed by atoms with van der Waals surface area (Å²) in [5, 5.41) is 3.38. The molecule has 0 radical (unpaired) electrons. The van der Waals surface area contributed by atoms with E-state index in [4.69, 9.17) is 4.74 Å². The number of amides is 1. The minimum Gasteiger partial charge on any atom is -0.497 e. The second-order valence-corrected chi connectivity index (χ2v) is 5.93. The summed E-state index contributed by atoms with van der Waals surface area (Å²) in [7, 11) is 1.62. The van der Waals surface area contributed by atoms with Crippen LogP contribution in [0.25, 0.3) is 6.08 Å². The van der Waals surface area contributed by atoms with E-state index in [1.165, 1.54) is 11.8 Å². The van der Waals surface area contributed by atoms with Crippen LogP contribution in [0.4, 0.5) is 5.69 Å². The Morgan fingerprint density at radius 3 is 2.78 bits per heavy atom. The van der Waals surface area contributed by atoms with Crippen LogP contribution in [0.1, 0.15) is 12.6 Å². The normalized spacial score (nSPS) is 17.7. The number of carbonyl (C=O) groups excluding carboxylic acids is 1. The first-order valence-electron chi connectivity index (χ1n) is 7.28. The summed E-state index contributed by atoms with van der Waals surface area (Å²) < 4.78 is 7.20. The minimum absolute atomic E-state index is 0.119. The number of methoxy groups -OCH3 is 1. The third-order valence-electron chi connectivity index (χ3n) is 3.44. The molecule has 2 aromatic rings. The largest absolute Gasteiger partial charge is 0.497 e. The molecule has 1 N–H and O–H groups in total. The maximum absolute atomic E-state index is 12.1. The van der Waals surface area contributed by atoms with Gasteiger partial charge in [-0.25, -0.2) is 4.99 Å². The van der Waals surface area contributed by atoms with Gasteiger partial charge in [0.05, 0.1) is 17.7 Å². The Bertz CT molecular complexity index is 775. The highest BCUT2D eigenvalue weighted by atomic mass is 32.2. The van der Waals surface area contributed by atoms with Crippen LogP contribution in [0.3, 0.4) is 0 Å². The van der Waals surface area contributed by atoms with Crippen molar-refractivity contribution in [2.75, 3.05) is 7.11 Å². The molecule has 1 aliphatic rings. The molecule has 0 atom stereocenters. The Hall–Kier alpha value is -2.47. The molecule has 1 fully saturated rings. The second-order valence-electron chi connectivity index (χ2n) is 4.90. The first-order chi connectivity index (χ1) is 11.2. The summed E-state index contributed by atoms with van der Waals surface area (Å²) in [6, 6.07) is 11.3. The molecule has 1 aromatic carbocycles. The van der Waals surface area contributed by atoms with Crippen LogP contribution in [0.2, 0.25) is 0 Å². The van der Waals surface area contributed by atoms with Gasteiger partial charge in [-0.1, -0.05) is 0 Å². The van der Waals surface area contributed by atoms with Gasteiger partial charge in [0.15, 0.2) is 5.17 Å². The van der Waals surface area contributed by atoms with Crippen molar-refractivity contribution in [3.8, 4) is 5.75 Å². The lowest BCUT2D eigenvalue weighted by Crippen LogP contribution is -2.19. The average molecular weight is 327 g/mol. The van der Waals surface area contributed by atoms with E-state index in [9.17, 15) is 4.79 Å². The third-order valence-corrected chi connectivity index (χ3v) is 4.35. The summed E-state index contributed by atoms with van der Waals surface area (Å²) >= 11 is 1.35. The maximum atomic E-state index is 12.1. The van der Waals surface area contributed by atoms with E-state index in [-0.39, 0.29) is 5.91 Å². The summed E-state index contributed by atoms with van der Waals surface area (Å²) in [6.45, 7) is 2.94. The average Bonchev–Trinajstić information content (AvgIpc) is 3.15. The number of nitrogens with zero attached hydrogens (tertiary/aromatic N) is 2. The van der Waals surface area contributed by atoms with Crippen LogP contribution in [0.15, 0.2) is 52.5 Å². The molecule has 1 saturated heterocycles. The Labute approximate surface area is 139 Å². The molecule has 0 aliphatic carbocycles. The topological polar surface area (TPSA) is 55.6 Å². The van der Waals surface area contributed by atoms with E-state index in [1.807, 2.05) is 48.7 Å². The minimum atomic E-state index is -0.119. The zero-order chi connectivity index (χ0) is 16.2. The van der Waals surface area contributed by atoms with Gasteiger partial charge in [0.1, 0.15) is 5.75 Å². The Morgan fingerprint density at radius 1 is 1.30 bits per heavy atom. The summed E-state index contributed by atoms with van der Waals surface area (Å²) in [5.41, 5.74) is 1.78. The molecule has 0 spiro atoms. The standard InChI is InChI=1S/C17H17N3O2S/c1-3-20-10-4-5-13(20)11-15-16(21)19-17(23-15)18-12-6-8-14(22-2)9-7-12/h4-11H,3H2,1-2H3,(H,18,19,21)/b15-11+. The van der Waals surface area contributed by atoms with E-state index in [0.29, 0.717) is 10.1 Å². The van der Waals surface area contributed by atoms with Gasteiger partial charge in [-0.2, -0.15) is 0 Å². The molecule has 2 heterocycles. The zero-order valence-electron chi connectivity index (χ0n) is 12.9. The molecule has 5 nitrogen and oxygen atoms in total. The predicted molar refractivity (Wildman–Crippen MR) is 93.9 cm³/mol. The summed E-state index contributed by atoms with van der Waals surface area (Å²) in [4.78, 5) is 17.2. The molecule has 1 aromatic heterocycles. The van der Waals surface area contributed by atoms with Crippen LogP contribution < -0.4 is 10.1 Å². The third kappa shape index (κ3) is 3.48. The van der Waals surface area contributed by atoms with E-state index in [2.05, 4.69) is 21.8 Å². The highest BCUT2D eigenvalue weighted by Gasteiger charge is 2.24. The molecule has 118 valence electrons. The number of ether oxygens (including phenoxy) is 1. The number of thioether (sulfide) groups is 1. The van der Waals surface area contributed by atoms with E-state index >= 15 is 0 Å². The predicted octanol–water partition coefficient (Wildman–Crippen LogP) is 3.41. The quantitative estimate of drug-likeness (QED) is 0.876. The Kier molecular flexibility index (Phi) is 4.52. The Morgan fingerprint density at radius 2 is 2.09 bits per heavy atom. The van der Waals surface area contributed by atoms with Crippen LogP contribution in [0, 0.1) is 0 Å². The number of rotatable bonds is 4. The van der Waals surface area contributed by atoms with Crippen LogP contribution in [-0.4, -0.2) is 22.8 Å². The first kappa shape index (κ1) is 15.4. The number of hydrogen-bond acceptors (Lipinski definition) is 4. The lowest BCUT2D eigenvalue weighted by Gasteiger charge is -2.01. The summed E-state index contributed by atoms with van der Waals surface area (Å²) in [5.74, 6) is 0.657. The molecular weight excluding hydrogens is 310 g/mol.